The summed E-state index contributed by atoms with van der Waals surface area (Å²) in [6, 6.07) is 6.65. The maximum absolute atomic E-state index is 11.3. The van der Waals surface area contributed by atoms with Crippen LogP contribution in [0.1, 0.15) is 28.8 Å². The number of rotatable bonds is 4. The van der Waals surface area contributed by atoms with Crippen molar-refractivity contribution in [2.45, 2.75) is 25.4 Å². The van der Waals surface area contributed by atoms with Crippen molar-refractivity contribution in [3.8, 4) is 0 Å². The zero-order chi connectivity index (χ0) is 12.3. The molecule has 0 spiro atoms. The quantitative estimate of drug-likeness (QED) is 0.735. The molecule has 5 nitrogen and oxygen atoms in total. The van der Waals surface area contributed by atoms with Gasteiger partial charge < -0.3 is 15.7 Å². The van der Waals surface area contributed by atoms with Gasteiger partial charge in [0.15, 0.2) is 0 Å². The van der Waals surface area contributed by atoms with Gasteiger partial charge in [-0.2, -0.15) is 0 Å². The number of carbonyl (C=O) groups excluding carboxylic acids is 1. The first kappa shape index (κ1) is 11.4. The third-order valence-corrected chi connectivity index (χ3v) is 2.54. The molecule has 0 atom stereocenters. The molecule has 1 saturated carbocycles. The van der Waals surface area contributed by atoms with Gasteiger partial charge in [-0.25, -0.2) is 9.59 Å². The van der Waals surface area contributed by atoms with Crippen molar-refractivity contribution < 1.29 is 14.7 Å². The van der Waals surface area contributed by atoms with Gasteiger partial charge in [-0.05, 0) is 30.5 Å². The van der Waals surface area contributed by atoms with E-state index < -0.39 is 5.97 Å². The maximum Gasteiger partial charge on any atom is 0.335 e. The summed E-state index contributed by atoms with van der Waals surface area (Å²) in [5.74, 6) is -0.964. The van der Waals surface area contributed by atoms with Crippen LogP contribution in [0.4, 0.5) is 4.79 Å². The highest BCUT2D eigenvalue weighted by atomic mass is 16.4. The number of carbonyl (C=O) groups is 2. The number of nitrogens with one attached hydrogen (secondary N) is 2. The van der Waals surface area contributed by atoms with Gasteiger partial charge in [0.2, 0.25) is 0 Å². The van der Waals surface area contributed by atoms with E-state index in [1.54, 1.807) is 18.2 Å². The van der Waals surface area contributed by atoms with Crippen molar-refractivity contribution in [3.63, 3.8) is 0 Å². The number of carboxylic acid groups (broad SMARTS) is 1. The lowest BCUT2D eigenvalue weighted by atomic mass is 10.1. The normalized spacial score (nSPS) is 14.1. The number of aromatic carboxylic acids is 1. The highest BCUT2D eigenvalue weighted by Crippen LogP contribution is 2.18. The van der Waals surface area contributed by atoms with Crippen molar-refractivity contribution in [2.24, 2.45) is 0 Å². The highest BCUT2D eigenvalue weighted by molar-refractivity contribution is 5.87. The molecule has 0 aromatic heterocycles. The molecule has 0 aliphatic heterocycles. The van der Waals surface area contributed by atoms with E-state index in [2.05, 4.69) is 10.6 Å². The molecule has 1 aromatic rings. The number of benzene rings is 1. The van der Waals surface area contributed by atoms with Gasteiger partial charge in [0.05, 0.1) is 5.56 Å². The number of hydrogen-bond donors (Lipinski definition) is 3. The molecule has 0 unspecified atom stereocenters. The predicted molar refractivity (Wildman–Crippen MR) is 61.8 cm³/mol. The first-order valence-electron chi connectivity index (χ1n) is 5.52. The summed E-state index contributed by atoms with van der Waals surface area (Å²) >= 11 is 0. The third kappa shape index (κ3) is 3.48. The fourth-order valence-electron chi connectivity index (χ4n) is 1.46. The van der Waals surface area contributed by atoms with Crippen LogP contribution in [0.15, 0.2) is 24.3 Å². The highest BCUT2D eigenvalue weighted by Gasteiger charge is 2.22. The smallest absolute Gasteiger partial charge is 0.335 e. The molecule has 17 heavy (non-hydrogen) atoms. The first-order chi connectivity index (χ1) is 8.15. The largest absolute Gasteiger partial charge is 0.478 e. The molecule has 1 fully saturated rings. The summed E-state index contributed by atoms with van der Waals surface area (Å²) in [6.07, 6.45) is 2.09. The van der Waals surface area contributed by atoms with E-state index in [0.717, 1.165) is 18.4 Å². The fraction of sp³-hybridized carbons (Fsp3) is 0.333. The van der Waals surface area contributed by atoms with E-state index in [4.69, 9.17) is 5.11 Å². The molecule has 1 aliphatic rings. The van der Waals surface area contributed by atoms with E-state index in [1.807, 2.05) is 0 Å². The van der Waals surface area contributed by atoms with Crippen LogP contribution in [0.2, 0.25) is 0 Å². The van der Waals surface area contributed by atoms with Crippen LogP contribution in [0.5, 0.6) is 0 Å². The Morgan fingerprint density at radius 1 is 1.35 bits per heavy atom. The summed E-state index contributed by atoms with van der Waals surface area (Å²) < 4.78 is 0. The lowest BCUT2D eigenvalue weighted by Crippen LogP contribution is -2.36. The topological polar surface area (TPSA) is 78.4 Å². The van der Waals surface area contributed by atoms with Crippen molar-refractivity contribution >= 4 is 12.0 Å². The number of carboxylic acids is 1. The fourth-order valence-corrected chi connectivity index (χ4v) is 1.46. The molecule has 3 N–H and O–H groups in total. The molecule has 5 heteroatoms. The zero-order valence-corrected chi connectivity index (χ0v) is 9.27. The number of amides is 2. The van der Waals surface area contributed by atoms with Crippen LogP contribution in [0.3, 0.4) is 0 Å². The lowest BCUT2D eigenvalue weighted by molar-refractivity contribution is 0.0696. The van der Waals surface area contributed by atoms with Gasteiger partial charge in [0.25, 0.3) is 0 Å². The van der Waals surface area contributed by atoms with Crippen LogP contribution in [0, 0.1) is 0 Å². The summed E-state index contributed by atoms with van der Waals surface area (Å²) in [5, 5.41) is 14.3. The van der Waals surface area contributed by atoms with Crippen molar-refractivity contribution in [2.75, 3.05) is 0 Å². The first-order valence-corrected chi connectivity index (χ1v) is 5.52. The minimum Gasteiger partial charge on any atom is -0.478 e. The summed E-state index contributed by atoms with van der Waals surface area (Å²) in [4.78, 5) is 22.1. The van der Waals surface area contributed by atoms with Crippen LogP contribution in [-0.4, -0.2) is 23.1 Å². The number of urea groups is 1. The van der Waals surface area contributed by atoms with Gasteiger partial charge in [-0.1, -0.05) is 12.1 Å². The molecule has 2 rings (SSSR count). The van der Waals surface area contributed by atoms with E-state index in [-0.39, 0.29) is 11.6 Å². The Balaban J connectivity index is 1.87. The average molecular weight is 234 g/mol. The van der Waals surface area contributed by atoms with E-state index >= 15 is 0 Å². The molecule has 0 saturated heterocycles. The van der Waals surface area contributed by atoms with E-state index in [0.29, 0.717) is 12.6 Å². The summed E-state index contributed by atoms with van der Waals surface area (Å²) in [5.41, 5.74) is 1.00. The molecule has 1 aromatic carbocycles. The lowest BCUT2D eigenvalue weighted by Gasteiger charge is -2.07. The Morgan fingerprint density at radius 3 is 2.76 bits per heavy atom. The van der Waals surface area contributed by atoms with Gasteiger partial charge in [-0.15, -0.1) is 0 Å². The van der Waals surface area contributed by atoms with Crippen molar-refractivity contribution in [3.05, 3.63) is 35.4 Å². The molecular formula is C12H14N2O3. The second-order valence-electron chi connectivity index (χ2n) is 4.11. The standard InChI is InChI=1S/C12H14N2O3/c15-11(16)9-3-1-2-8(6-9)7-13-12(17)14-10-4-5-10/h1-3,6,10H,4-5,7H2,(H,15,16)(H2,13,14,17). The molecule has 1 aliphatic carbocycles. The maximum atomic E-state index is 11.3. The Hall–Kier alpha value is -2.04. The molecule has 90 valence electrons. The second-order valence-corrected chi connectivity index (χ2v) is 4.11. The van der Waals surface area contributed by atoms with Crippen molar-refractivity contribution in [1.29, 1.82) is 0 Å². The molecule has 0 heterocycles. The minimum atomic E-state index is -0.964. The van der Waals surface area contributed by atoms with Crippen LogP contribution >= 0.6 is 0 Å². The Labute approximate surface area is 98.8 Å². The Bertz CT molecular complexity index is 441. The SMILES string of the molecule is O=C(NCc1cccc(C(=O)O)c1)NC1CC1. The third-order valence-electron chi connectivity index (χ3n) is 2.54. The van der Waals surface area contributed by atoms with Crippen LogP contribution in [0.25, 0.3) is 0 Å². The minimum absolute atomic E-state index is 0.201. The monoisotopic (exact) mass is 234 g/mol. The van der Waals surface area contributed by atoms with E-state index in [1.165, 1.54) is 6.07 Å². The zero-order valence-electron chi connectivity index (χ0n) is 9.27. The summed E-state index contributed by atoms with van der Waals surface area (Å²) in [7, 11) is 0. The Morgan fingerprint density at radius 2 is 2.12 bits per heavy atom. The molecule has 0 radical (unpaired) electrons. The van der Waals surface area contributed by atoms with Crippen LogP contribution in [-0.2, 0) is 6.54 Å². The van der Waals surface area contributed by atoms with Gasteiger partial charge in [-0.3, -0.25) is 0 Å². The number of hydrogen-bond acceptors (Lipinski definition) is 2. The van der Waals surface area contributed by atoms with Gasteiger partial charge in [0.1, 0.15) is 0 Å². The summed E-state index contributed by atoms with van der Waals surface area (Å²) in [6.45, 7) is 0.333. The van der Waals surface area contributed by atoms with Crippen LogP contribution < -0.4 is 10.6 Å². The average Bonchev–Trinajstić information content (AvgIpc) is 3.11. The molecule has 0 bridgehead atoms. The molecular weight excluding hydrogens is 220 g/mol. The van der Waals surface area contributed by atoms with Gasteiger partial charge in [0, 0.05) is 12.6 Å². The molecule has 2 amide bonds. The second kappa shape index (κ2) is 4.86. The Kier molecular flexibility index (Phi) is 3.27. The predicted octanol–water partition coefficient (Wildman–Crippen LogP) is 1.35. The van der Waals surface area contributed by atoms with E-state index in [9.17, 15) is 9.59 Å². The van der Waals surface area contributed by atoms with Crippen molar-refractivity contribution in [1.82, 2.24) is 10.6 Å². The van der Waals surface area contributed by atoms with Gasteiger partial charge >= 0.3 is 12.0 Å².